The van der Waals surface area contributed by atoms with Crippen LogP contribution in [-0.4, -0.2) is 30.8 Å². The molecule has 0 aliphatic carbocycles. The second-order valence-corrected chi connectivity index (χ2v) is 4.37. The van der Waals surface area contributed by atoms with Gasteiger partial charge in [-0.1, -0.05) is 30.3 Å². The molecule has 19 heavy (non-hydrogen) atoms. The summed E-state index contributed by atoms with van der Waals surface area (Å²) in [5.74, 6) is -1.14. The number of esters is 2. The molecule has 0 saturated heterocycles. The molecule has 0 amide bonds. The number of alkyl halides is 1. The van der Waals surface area contributed by atoms with Crippen molar-refractivity contribution in [2.75, 3.05) is 13.2 Å². The van der Waals surface area contributed by atoms with Crippen LogP contribution in [-0.2, 0) is 25.5 Å². The summed E-state index contributed by atoms with van der Waals surface area (Å²) in [4.78, 5) is 21.6. The lowest BCUT2D eigenvalue weighted by Gasteiger charge is -2.24. The third kappa shape index (κ3) is 5.99. The number of hydrogen-bond acceptors (Lipinski definition) is 4. The summed E-state index contributed by atoms with van der Waals surface area (Å²) < 4.78 is 24.1. The summed E-state index contributed by atoms with van der Waals surface area (Å²) >= 11 is 0. The second kappa shape index (κ2) is 6.87. The first-order valence-corrected chi connectivity index (χ1v) is 5.91. The van der Waals surface area contributed by atoms with E-state index in [-0.39, 0.29) is 6.42 Å². The second-order valence-electron chi connectivity index (χ2n) is 4.37. The Bertz CT molecular complexity index is 412. The Morgan fingerprint density at radius 1 is 1.05 bits per heavy atom. The van der Waals surface area contributed by atoms with Crippen LogP contribution in [0.1, 0.15) is 19.4 Å². The molecule has 1 aromatic rings. The lowest BCUT2D eigenvalue weighted by molar-refractivity contribution is -0.153. The topological polar surface area (TPSA) is 52.6 Å². The van der Waals surface area contributed by atoms with Crippen molar-refractivity contribution in [2.45, 2.75) is 25.9 Å². The van der Waals surface area contributed by atoms with Gasteiger partial charge in [0.15, 0.2) is 5.67 Å². The normalized spacial score (nSPS) is 10.9. The molecule has 104 valence electrons. The van der Waals surface area contributed by atoms with Crippen molar-refractivity contribution in [3.8, 4) is 0 Å². The fraction of sp³-hybridized carbons (Fsp3) is 0.429. The van der Waals surface area contributed by atoms with E-state index in [2.05, 4.69) is 0 Å². The average molecular weight is 268 g/mol. The molecule has 0 radical (unpaired) electrons. The van der Waals surface area contributed by atoms with Crippen LogP contribution in [0.2, 0.25) is 0 Å². The lowest BCUT2D eigenvalue weighted by Crippen LogP contribution is -2.38. The van der Waals surface area contributed by atoms with E-state index in [1.54, 1.807) is 24.3 Å². The van der Waals surface area contributed by atoms with E-state index in [1.165, 1.54) is 13.8 Å². The molecule has 0 aliphatic heterocycles. The minimum absolute atomic E-state index is 0.00833. The summed E-state index contributed by atoms with van der Waals surface area (Å²) in [6.07, 6.45) is 0.00833. The summed E-state index contributed by atoms with van der Waals surface area (Å²) in [6, 6.07) is 8.91. The zero-order valence-electron chi connectivity index (χ0n) is 11.0. The SMILES string of the molecule is CC(=O)OCC(F)(COC(C)=O)Cc1ccccc1. The van der Waals surface area contributed by atoms with Crippen molar-refractivity contribution < 1.29 is 23.5 Å². The Balaban J connectivity index is 2.72. The first kappa shape index (κ1) is 15.1. The predicted octanol–water partition coefficient (Wildman–Crippen LogP) is 2.06. The van der Waals surface area contributed by atoms with Gasteiger partial charge in [0.2, 0.25) is 0 Å². The number of halogens is 1. The van der Waals surface area contributed by atoms with Crippen LogP contribution < -0.4 is 0 Å². The van der Waals surface area contributed by atoms with Gasteiger partial charge in [-0.25, -0.2) is 4.39 Å². The highest BCUT2D eigenvalue weighted by Gasteiger charge is 2.33. The number of benzene rings is 1. The first-order valence-electron chi connectivity index (χ1n) is 5.91. The van der Waals surface area contributed by atoms with E-state index in [0.717, 1.165) is 5.56 Å². The van der Waals surface area contributed by atoms with Crippen molar-refractivity contribution in [2.24, 2.45) is 0 Å². The monoisotopic (exact) mass is 268 g/mol. The molecular formula is C14H17FO4. The third-order valence-electron chi connectivity index (χ3n) is 2.43. The standard InChI is InChI=1S/C14H17FO4/c1-11(16)18-9-14(15,10-19-12(2)17)8-13-6-4-3-5-7-13/h3-7H,8-10H2,1-2H3. The van der Waals surface area contributed by atoms with Gasteiger partial charge in [-0.15, -0.1) is 0 Å². The summed E-state index contributed by atoms with van der Waals surface area (Å²) in [5, 5.41) is 0. The number of hydrogen-bond donors (Lipinski definition) is 0. The van der Waals surface area contributed by atoms with E-state index in [1.807, 2.05) is 6.07 Å². The quantitative estimate of drug-likeness (QED) is 0.741. The van der Waals surface area contributed by atoms with Crippen molar-refractivity contribution >= 4 is 11.9 Å². The highest BCUT2D eigenvalue weighted by molar-refractivity contribution is 5.66. The maximum Gasteiger partial charge on any atom is 0.302 e. The molecule has 0 atom stereocenters. The van der Waals surface area contributed by atoms with E-state index in [4.69, 9.17) is 9.47 Å². The first-order chi connectivity index (χ1) is 8.91. The van der Waals surface area contributed by atoms with Crippen LogP contribution in [0.3, 0.4) is 0 Å². The molecule has 1 aromatic carbocycles. The molecular weight excluding hydrogens is 251 g/mol. The molecule has 0 fully saturated rings. The Kier molecular flexibility index (Phi) is 5.48. The van der Waals surface area contributed by atoms with Crippen LogP contribution in [0.25, 0.3) is 0 Å². The van der Waals surface area contributed by atoms with Crippen LogP contribution >= 0.6 is 0 Å². The predicted molar refractivity (Wildman–Crippen MR) is 67.3 cm³/mol. The third-order valence-corrected chi connectivity index (χ3v) is 2.43. The maximum atomic E-state index is 14.6. The molecule has 0 spiro atoms. The molecule has 0 saturated carbocycles. The molecule has 0 aromatic heterocycles. The van der Waals surface area contributed by atoms with E-state index in [0.29, 0.717) is 0 Å². The minimum Gasteiger partial charge on any atom is -0.462 e. The van der Waals surface area contributed by atoms with Gasteiger partial charge in [0, 0.05) is 20.3 Å². The number of rotatable bonds is 6. The Hall–Kier alpha value is -1.91. The fourth-order valence-electron chi connectivity index (χ4n) is 1.57. The van der Waals surface area contributed by atoms with Crippen LogP contribution in [0, 0.1) is 0 Å². The summed E-state index contributed by atoms with van der Waals surface area (Å²) in [6.45, 7) is 1.53. The summed E-state index contributed by atoms with van der Waals surface area (Å²) in [7, 11) is 0. The largest absolute Gasteiger partial charge is 0.462 e. The molecule has 0 bridgehead atoms. The zero-order chi connectivity index (χ0) is 14.3. The van der Waals surface area contributed by atoms with Gasteiger partial charge in [0.05, 0.1) is 0 Å². The van der Waals surface area contributed by atoms with Crippen molar-refractivity contribution in [3.63, 3.8) is 0 Å². The van der Waals surface area contributed by atoms with Gasteiger partial charge < -0.3 is 9.47 Å². The number of carbonyl (C=O) groups excluding carboxylic acids is 2. The average Bonchev–Trinajstić information content (AvgIpc) is 2.36. The molecule has 5 heteroatoms. The van der Waals surface area contributed by atoms with Gasteiger partial charge in [-0.3, -0.25) is 9.59 Å². The van der Waals surface area contributed by atoms with Crippen molar-refractivity contribution in [1.82, 2.24) is 0 Å². The van der Waals surface area contributed by atoms with E-state index in [9.17, 15) is 14.0 Å². The highest BCUT2D eigenvalue weighted by Crippen LogP contribution is 2.20. The fourth-order valence-corrected chi connectivity index (χ4v) is 1.57. The Morgan fingerprint density at radius 3 is 1.95 bits per heavy atom. The zero-order valence-corrected chi connectivity index (χ0v) is 11.0. The van der Waals surface area contributed by atoms with Crippen LogP contribution in [0.15, 0.2) is 30.3 Å². The number of ether oxygens (including phenoxy) is 2. The molecule has 0 unspecified atom stereocenters. The molecule has 4 nitrogen and oxygen atoms in total. The van der Waals surface area contributed by atoms with Gasteiger partial charge in [0.25, 0.3) is 0 Å². The van der Waals surface area contributed by atoms with Gasteiger partial charge in [-0.05, 0) is 5.56 Å². The molecule has 0 aliphatic rings. The smallest absolute Gasteiger partial charge is 0.302 e. The van der Waals surface area contributed by atoms with Gasteiger partial charge in [0.1, 0.15) is 13.2 Å². The molecule has 0 N–H and O–H groups in total. The Labute approximate surface area is 111 Å². The minimum atomic E-state index is -1.92. The maximum absolute atomic E-state index is 14.6. The lowest BCUT2D eigenvalue weighted by atomic mass is 9.98. The molecule has 1 rings (SSSR count). The number of carbonyl (C=O) groups is 2. The van der Waals surface area contributed by atoms with Crippen molar-refractivity contribution in [1.29, 1.82) is 0 Å². The molecule has 0 heterocycles. The van der Waals surface area contributed by atoms with Crippen molar-refractivity contribution in [3.05, 3.63) is 35.9 Å². The van der Waals surface area contributed by atoms with Gasteiger partial charge in [-0.2, -0.15) is 0 Å². The highest BCUT2D eigenvalue weighted by atomic mass is 19.1. The van der Waals surface area contributed by atoms with E-state index >= 15 is 0 Å². The van der Waals surface area contributed by atoms with Crippen LogP contribution in [0.4, 0.5) is 4.39 Å². The van der Waals surface area contributed by atoms with Gasteiger partial charge >= 0.3 is 11.9 Å². The van der Waals surface area contributed by atoms with E-state index < -0.39 is 30.8 Å². The van der Waals surface area contributed by atoms with Crippen LogP contribution in [0.5, 0.6) is 0 Å². The summed E-state index contributed by atoms with van der Waals surface area (Å²) in [5.41, 5.74) is -1.18. The Morgan fingerprint density at radius 2 is 1.53 bits per heavy atom.